The number of carbonyl (C=O) groups excluding carboxylic acids is 2. The largest absolute Gasteiger partial charge is 0.508 e. The van der Waals surface area contributed by atoms with Gasteiger partial charge in [0.1, 0.15) is 18.3 Å². The second-order valence-electron chi connectivity index (χ2n) is 12.0. The molecule has 3 aromatic carbocycles. The number of piperidine rings is 1. The van der Waals surface area contributed by atoms with E-state index < -0.39 is 18.0 Å². The minimum atomic E-state index is -0.919. The van der Waals surface area contributed by atoms with E-state index in [1.165, 1.54) is 0 Å². The maximum Gasteiger partial charge on any atom is 0.323 e. The number of amides is 3. The first-order chi connectivity index (χ1) is 21.7. The highest BCUT2D eigenvalue weighted by atomic mass is 16.7. The fourth-order valence-corrected chi connectivity index (χ4v) is 6.30. The molecule has 3 heterocycles. The van der Waals surface area contributed by atoms with Crippen LogP contribution < -0.4 is 20.5 Å². The van der Waals surface area contributed by atoms with Crippen molar-refractivity contribution < 1.29 is 33.2 Å². The van der Waals surface area contributed by atoms with Gasteiger partial charge in [0.05, 0.1) is 26.2 Å². The molecule has 3 amide bonds. The quantitative estimate of drug-likeness (QED) is 0.237. The van der Waals surface area contributed by atoms with Gasteiger partial charge in [-0.25, -0.2) is 4.79 Å². The molecule has 4 aromatic rings. The molecule has 12 nitrogen and oxygen atoms in total. The number of aromatic hydroxyl groups is 1. The van der Waals surface area contributed by atoms with E-state index in [0.29, 0.717) is 28.4 Å². The number of nitrogens with zero attached hydrogens (tertiary/aromatic N) is 4. The van der Waals surface area contributed by atoms with Crippen LogP contribution in [0.25, 0.3) is 11.5 Å². The molecule has 1 aromatic heterocycles. The molecule has 234 valence electrons. The topological polar surface area (TPSA) is 153 Å². The number of urea groups is 1. The second kappa shape index (κ2) is 12.5. The number of carbonyl (C=O) groups is 2. The van der Waals surface area contributed by atoms with Crippen molar-refractivity contribution in [1.29, 1.82) is 0 Å². The number of hydrogen-bond donors (Lipinski definition) is 3. The smallest absolute Gasteiger partial charge is 0.323 e. The molecule has 1 saturated heterocycles. The van der Waals surface area contributed by atoms with E-state index in [0.717, 1.165) is 54.1 Å². The van der Waals surface area contributed by atoms with Gasteiger partial charge in [0.2, 0.25) is 12.7 Å². The van der Waals surface area contributed by atoms with Crippen molar-refractivity contribution in [3.05, 3.63) is 83.7 Å². The lowest BCUT2D eigenvalue weighted by Crippen LogP contribution is -2.62. The van der Waals surface area contributed by atoms with Crippen molar-refractivity contribution in [2.24, 2.45) is 5.73 Å². The van der Waals surface area contributed by atoms with Gasteiger partial charge in [-0.2, -0.15) is 4.98 Å². The fourth-order valence-electron chi connectivity index (χ4n) is 6.30. The van der Waals surface area contributed by atoms with Crippen LogP contribution in [0, 0.1) is 6.92 Å². The molecule has 0 saturated carbocycles. The number of fused-ring (bicyclic) bond motifs is 1. The highest BCUT2D eigenvalue weighted by molar-refractivity contribution is 5.94. The number of quaternary nitrogens is 1. The zero-order valence-electron chi connectivity index (χ0n) is 25.3. The molecule has 0 bridgehead atoms. The zero-order valence-corrected chi connectivity index (χ0v) is 25.3. The number of likely N-dealkylation sites (N-methyl/N-ethyl adjacent to an activating group) is 1. The van der Waals surface area contributed by atoms with Gasteiger partial charge in [0, 0.05) is 23.2 Å². The summed E-state index contributed by atoms with van der Waals surface area (Å²) in [6.45, 7) is 4.21. The number of ether oxygens (including phenoxy) is 2. The van der Waals surface area contributed by atoms with E-state index in [1.807, 2.05) is 18.2 Å². The lowest BCUT2D eigenvalue weighted by Gasteiger charge is -2.46. The van der Waals surface area contributed by atoms with Gasteiger partial charge in [0.25, 0.3) is 5.89 Å². The van der Waals surface area contributed by atoms with E-state index in [-0.39, 0.29) is 25.0 Å². The van der Waals surface area contributed by atoms with Gasteiger partial charge in [-0.05, 0) is 79.9 Å². The Balaban J connectivity index is 1.26. The van der Waals surface area contributed by atoms with Gasteiger partial charge in [-0.15, -0.1) is 0 Å². The first-order valence-electron chi connectivity index (χ1n) is 15.0. The molecule has 0 spiro atoms. The number of likely N-dealkylation sites (tertiary alicyclic amines) is 1. The summed E-state index contributed by atoms with van der Waals surface area (Å²) >= 11 is 0. The average Bonchev–Trinajstić information content (AvgIpc) is 3.66. The first kappa shape index (κ1) is 29.9. The van der Waals surface area contributed by atoms with Gasteiger partial charge >= 0.3 is 6.03 Å². The predicted molar refractivity (Wildman–Crippen MR) is 165 cm³/mol. The maximum absolute atomic E-state index is 14.1. The average molecular weight is 614 g/mol. The van der Waals surface area contributed by atoms with Crippen LogP contribution in [0.15, 0.2) is 71.3 Å². The summed E-state index contributed by atoms with van der Waals surface area (Å²) in [5.74, 6) is 1.90. The van der Waals surface area contributed by atoms with Crippen LogP contribution in [-0.2, 0) is 17.8 Å². The van der Waals surface area contributed by atoms with E-state index in [1.54, 1.807) is 60.4 Å². The van der Waals surface area contributed by atoms with E-state index in [9.17, 15) is 14.7 Å². The number of benzene rings is 3. The third-order valence-corrected chi connectivity index (χ3v) is 8.46. The Hall–Kier alpha value is -5.10. The molecule has 45 heavy (non-hydrogen) atoms. The number of aryl methyl sites for hydroxylation is 1. The molecule has 12 heteroatoms. The Morgan fingerprint density at radius 1 is 1.07 bits per heavy atom. The lowest BCUT2D eigenvalue weighted by molar-refractivity contribution is -0.928. The van der Waals surface area contributed by atoms with E-state index in [4.69, 9.17) is 19.7 Å². The van der Waals surface area contributed by atoms with Crippen molar-refractivity contribution >= 4 is 17.6 Å². The molecule has 0 radical (unpaired) electrons. The normalized spacial score (nSPS) is 19.6. The lowest BCUT2D eigenvalue weighted by atomic mass is 9.96. The van der Waals surface area contributed by atoms with Gasteiger partial charge in [0.15, 0.2) is 17.3 Å². The minimum Gasteiger partial charge on any atom is -0.508 e. The summed E-state index contributed by atoms with van der Waals surface area (Å²) in [5, 5.41) is 16.6. The molecule has 4 N–H and O–H groups in total. The van der Waals surface area contributed by atoms with Crippen LogP contribution in [0.1, 0.15) is 29.8 Å². The molecular formula is C33H37N6O6+. The Kier molecular flexibility index (Phi) is 8.31. The summed E-state index contributed by atoms with van der Waals surface area (Å²) in [6.07, 6.45) is 1.79. The molecular weight excluding hydrogens is 576 g/mol. The van der Waals surface area contributed by atoms with Crippen LogP contribution >= 0.6 is 0 Å². The number of anilines is 1. The molecule has 6 rings (SSSR count). The summed E-state index contributed by atoms with van der Waals surface area (Å²) in [5.41, 5.74) is 9.17. The molecule has 3 atom stereocenters. The van der Waals surface area contributed by atoms with Crippen LogP contribution in [0.3, 0.4) is 0 Å². The molecule has 2 aliphatic rings. The van der Waals surface area contributed by atoms with Crippen LogP contribution in [0.5, 0.6) is 17.2 Å². The molecule has 1 fully saturated rings. The highest BCUT2D eigenvalue weighted by Crippen LogP contribution is 2.34. The summed E-state index contributed by atoms with van der Waals surface area (Å²) < 4.78 is 17.0. The third kappa shape index (κ3) is 6.86. The van der Waals surface area contributed by atoms with Crippen LogP contribution in [0.2, 0.25) is 0 Å². The Morgan fingerprint density at radius 3 is 2.51 bits per heavy atom. The molecule has 2 aliphatic heterocycles. The first-order valence-corrected chi connectivity index (χ1v) is 15.0. The standard InChI is InChI=1S/C33H36N6O6/c1-21-35-32(45-37-21)24-8-10-25(11-9-24)36-33(42)38(28(31(34)41)16-22-5-12-27(40)13-6-22)26-4-3-15-39(2,19-26)18-23-7-14-29-30(17-23)44-20-43-29/h5-14,17,26,28H,3-4,15-16,18-20H2,1-2H3,(H3-,34,35,36,37,40,41,42)/p+1/t26-,28+,39?/m1/s1. The van der Waals surface area contributed by atoms with Crippen molar-refractivity contribution in [3.8, 4) is 28.7 Å². The minimum absolute atomic E-state index is 0.118. The van der Waals surface area contributed by atoms with Crippen molar-refractivity contribution in [2.75, 3.05) is 32.2 Å². The Bertz CT molecular complexity index is 1670. The van der Waals surface area contributed by atoms with Gasteiger partial charge < -0.3 is 39.5 Å². The Labute approximate surface area is 260 Å². The third-order valence-electron chi connectivity index (χ3n) is 8.46. The molecule has 1 unspecified atom stereocenters. The van der Waals surface area contributed by atoms with Crippen molar-refractivity contribution in [2.45, 2.75) is 44.8 Å². The number of nitrogens with one attached hydrogen (secondary N) is 1. The maximum atomic E-state index is 14.1. The number of hydrogen-bond acceptors (Lipinski definition) is 8. The van der Waals surface area contributed by atoms with Crippen molar-refractivity contribution in [1.82, 2.24) is 15.0 Å². The summed E-state index contributed by atoms with van der Waals surface area (Å²) in [6, 6.07) is 18.0. The number of phenolic OH excluding ortho intramolecular Hbond substituents is 1. The second-order valence-corrected chi connectivity index (χ2v) is 12.0. The predicted octanol–water partition coefficient (Wildman–Crippen LogP) is 4.22. The van der Waals surface area contributed by atoms with E-state index >= 15 is 0 Å². The number of rotatable bonds is 9. The SMILES string of the molecule is Cc1noc(-c2ccc(NC(=O)N([C@@H]3CCC[N+](C)(Cc4ccc5c(c4)OCO5)C3)[C@@H](Cc3ccc(O)cc3)C(N)=O)cc2)n1. The number of aromatic nitrogens is 2. The Morgan fingerprint density at radius 2 is 1.80 bits per heavy atom. The number of phenols is 1. The van der Waals surface area contributed by atoms with Crippen LogP contribution in [-0.4, -0.2) is 75.6 Å². The van der Waals surface area contributed by atoms with Crippen LogP contribution in [0.4, 0.5) is 10.5 Å². The zero-order chi connectivity index (χ0) is 31.6. The van der Waals surface area contributed by atoms with Gasteiger partial charge in [-0.3, -0.25) is 4.79 Å². The van der Waals surface area contributed by atoms with Crippen molar-refractivity contribution in [3.63, 3.8) is 0 Å². The summed E-state index contributed by atoms with van der Waals surface area (Å²) in [4.78, 5) is 33.1. The fraction of sp³-hybridized carbons (Fsp3) is 0.333. The molecule has 0 aliphatic carbocycles. The summed E-state index contributed by atoms with van der Waals surface area (Å²) in [7, 11) is 2.17. The van der Waals surface area contributed by atoms with Gasteiger partial charge in [-0.1, -0.05) is 17.3 Å². The number of primary amides is 1. The highest BCUT2D eigenvalue weighted by Gasteiger charge is 2.41. The van der Waals surface area contributed by atoms with E-state index in [2.05, 4.69) is 22.5 Å². The monoisotopic (exact) mass is 613 g/mol. The number of nitrogens with two attached hydrogens (primary N) is 1.